The van der Waals surface area contributed by atoms with E-state index >= 15 is 0 Å². The Labute approximate surface area is 189 Å². The Hall–Kier alpha value is -2.65. The smallest absolute Gasteiger partial charge is 0.418 e. The topological polar surface area (TPSA) is 59.3 Å². The number of fused-ring (bicyclic) bond motifs is 1. The monoisotopic (exact) mass is 465 g/mol. The van der Waals surface area contributed by atoms with Crippen molar-refractivity contribution >= 4 is 11.0 Å². The molecule has 9 heteroatoms. The van der Waals surface area contributed by atoms with Crippen LogP contribution in [-0.2, 0) is 11.8 Å². The van der Waals surface area contributed by atoms with Gasteiger partial charge in [0.15, 0.2) is 0 Å². The zero-order chi connectivity index (χ0) is 24.0. The van der Waals surface area contributed by atoms with Gasteiger partial charge in [0.05, 0.1) is 28.5 Å². The molecule has 0 aliphatic carbocycles. The molecule has 1 aliphatic heterocycles. The van der Waals surface area contributed by atoms with Crippen LogP contribution in [0.1, 0.15) is 50.8 Å². The van der Waals surface area contributed by atoms with Crippen LogP contribution in [0.3, 0.4) is 0 Å². The molecule has 1 aliphatic rings. The largest absolute Gasteiger partial charge is 0.492 e. The lowest BCUT2D eigenvalue weighted by atomic mass is 9.79. The summed E-state index contributed by atoms with van der Waals surface area (Å²) in [5, 5.41) is 14.6. The number of benzene rings is 2. The molecule has 0 amide bonds. The van der Waals surface area contributed by atoms with Crippen molar-refractivity contribution in [3.05, 3.63) is 59.7 Å². The molecule has 178 valence electrons. The molecular weight excluding hydrogens is 438 g/mol. The number of hydrogen-bond acceptors (Lipinski definition) is 4. The van der Waals surface area contributed by atoms with Gasteiger partial charge in [0, 0.05) is 24.2 Å². The fourth-order valence-corrected chi connectivity index (χ4v) is 4.65. The highest BCUT2D eigenvalue weighted by atomic mass is 19.4. The first-order valence-corrected chi connectivity index (χ1v) is 10.9. The van der Waals surface area contributed by atoms with Gasteiger partial charge < -0.3 is 19.7 Å². The van der Waals surface area contributed by atoms with E-state index in [2.05, 4.69) is 10.3 Å². The number of piperidine rings is 1. The predicted molar refractivity (Wildman–Crippen MR) is 117 cm³/mol. The van der Waals surface area contributed by atoms with Crippen LogP contribution in [0, 0.1) is 5.82 Å². The maximum atomic E-state index is 13.8. The van der Waals surface area contributed by atoms with Gasteiger partial charge in [-0.1, -0.05) is 12.1 Å². The van der Waals surface area contributed by atoms with Crippen molar-refractivity contribution in [2.45, 2.75) is 63.5 Å². The lowest BCUT2D eigenvalue weighted by Gasteiger charge is -2.41. The fraction of sp³-hybridized carbons (Fsp3) is 0.458. The Balaban J connectivity index is 1.57. The molecule has 3 aromatic rings. The number of alkyl halides is 3. The van der Waals surface area contributed by atoms with E-state index in [0.29, 0.717) is 12.0 Å². The number of aromatic nitrogens is 2. The molecule has 2 heterocycles. The molecule has 1 fully saturated rings. The maximum absolute atomic E-state index is 13.8. The van der Waals surface area contributed by atoms with E-state index < -0.39 is 17.3 Å². The number of nitrogens with zero attached hydrogens (tertiary/aromatic N) is 2. The normalized spacial score (nSPS) is 23.9. The van der Waals surface area contributed by atoms with Crippen molar-refractivity contribution in [1.29, 1.82) is 0 Å². The highest BCUT2D eigenvalue weighted by Gasteiger charge is 2.39. The molecule has 5 nitrogen and oxygen atoms in total. The van der Waals surface area contributed by atoms with Gasteiger partial charge in [-0.2, -0.15) is 13.2 Å². The maximum Gasteiger partial charge on any atom is 0.418 e. The highest BCUT2D eigenvalue weighted by Crippen LogP contribution is 2.39. The number of rotatable bonds is 5. The van der Waals surface area contributed by atoms with Crippen LogP contribution in [0.4, 0.5) is 17.6 Å². The van der Waals surface area contributed by atoms with Crippen LogP contribution >= 0.6 is 0 Å². The van der Waals surface area contributed by atoms with Gasteiger partial charge in [-0.3, -0.25) is 0 Å². The van der Waals surface area contributed by atoms with Crippen LogP contribution in [0.15, 0.2) is 42.7 Å². The lowest BCUT2D eigenvalue weighted by Crippen LogP contribution is -2.53. The number of nitrogens with one attached hydrogen (secondary N) is 1. The summed E-state index contributed by atoms with van der Waals surface area (Å²) in [4.78, 5) is 4.15. The summed E-state index contributed by atoms with van der Waals surface area (Å²) >= 11 is 0. The van der Waals surface area contributed by atoms with Crippen LogP contribution in [0.25, 0.3) is 11.0 Å². The summed E-state index contributed by atoms with van der Waals surface area (Å²) in [6.45, 7) is 5.56. The van der Waals surface area contributed by atoms with E-state index in [0.717, 1.165) is 6.07 Å². The zero-order valence-electron chi connectivity index (χ0n) is 18.7. The Kier molecular flexibility index (Phi) is 6.13. The van der Waals surface area contributed by atoms with Crippen LogP contribution in [-0.4, -0.2) is 33.3 Å². The fourth-order valence-electron chi connectivity index (χ4n) is 4.65. The third-order valence-electron chi connectivity index (χ3n) is 6.09. The molecule has 3 atom stereocenters. The number of aliphatic hydroxyl groups is 1. The van der Waals surface area contributed by atoms with Gasteiger partial charge in [0.25, 0.3) is 0 Å². The summed E-state index contributed by atoms with van der Waals surface area (Å²) in [7, 11) is 0. The number of imidazole rings is 1. The number of ether oxygens (including phenoxy) is 1. The molecule has 2 aromatic carbocycles. The summed E-state index contributed by atoms with van der Waals surface area (Å²) in [6.07, 6.45) is -2.46. The molecule has 33 heavy (non-hydrogen) atoms. The van der Waals surface area contributed by atoms with Crippen LogP contribution in [0.5, 0.6) is 5.75 Å². The van der Waals surface area contributed by atoms with Crippen LogP contribution in [0.2, 0.25) is 0 Å². The first-order chi connectivity index (χ1) is 15.5. The van der Waals surface area contributed by atoms with E-state index in [-0.39, 0.29) is 53.8 Å². The Bertz CT molecular complexity index is 1130. The first kappa shape index (κ1) is 23.5. The summed E-state index contributed by atoms with van der Waals surface area (Å²) in [5.41, 5.74) is -1.15. The number of hydrogen-bond donors (Lipinski definition) is 2. The van der Waals surface area contributed by atoms with Gasteiger partial charge in [0.1, 0.15) is 18.2 Å². The molecule has 4 rings (SSSR count). The molecular formula is C24H27F4N3O2. The van der Waals surface area contributed by atoms with E-state index in [1.807, 2.05) is 6.92 Å². The van der Waals surface area contributed by atoms with Gasteiger partial charge in [-0.05, 0) is 57.4 Å². The summed E-state index contributed by atoms with van der Waals surface area (Å²) < 4.78 is 62.0. The molecule has 3 unspecified atom stereocenters. The van der Waals surface area contributed by atoms with Gasteiger partial charge in [0.2, 0.25) is 0 Å². The molecule has 1 aromatic heterocycles. The average molecular weight is 465 g/mol. The Morgan fingerprint density at radius 2 is 1.91 bits per heavy atom. The minimum atomic E-state index is -4.56. The molecule has 0 bridgehead atoms. The molecule has 0 saturated carbocycles. The second-order valence-corrected chi connectivity index (χ2v) is 9.10. The van der Waals surface area contributed by atoms with E-state index in [4.69, 9.17) is 4.74 Å². The van der Waals surface area contributed by atoms with Crippen molar-refractivity contribution in [2.24, 2.45) is 0 Å². The van der Waals surface area contributed by atoms with E-state index in [1.165, 1.54) is 29.1 Å². The minimum Gasteiger partial charge on any atom is -0.492 e. The molecule has 1 saturated heterocycles. The third kappa shape index (κ3) is 4.84. The first-order valence-electron chi connectivity index (χ1n) is 10.9. The van der Waals surface area contributed by atoms with Crippen LogP contribution < -0.4 is 10.1 Å². The van der Waals surface area contributed by atoms with Crippen molar-refractivity contribution in [3.8, 4) is 5.75 Å². The van der Waals surface area contributed by atoms with Gasteiger partial charge >= 0.3 is 6.18 Å². The van der Waals surface area contributed by atoms with Crippen molar-refractivity contribution in [2.75, 3.05) is 6.61 Å². The van der Waals surface area contributed by atoms with Gasteiger partial charge in [-0.25, -0.2) is 9.37 Å². The lowest BCUT2D eigenvalue weighted by molar-refractivity contribution is -0.136. The highest BCUT2D eigenvalue weighted by molar-refractivity contribution is 5.81. The Morgan fingerprint density at radius 1 is 1.21 bits per heavy atom. The predicted octanol–water partition coefficient (Wildman–Crippen LogP) is 5.18. The zero-order valence-corrected chi connectivity index (χ0v) is 18.7. The SMILES string of the molecule is CC1CC(O)(c2ccc(F)cc2)CC(COc2cc(C(F)(F)F)c3c(c2)ncn3C(C)C)N1. The van der Waals surface area contributed by atoms with Crippen molar-refractivity contribution in [3.63, 3.8) is 0 Å². The standard InChI is InChI=1S/C24H27F4N3O2/c1-14(2)31-13-29-21-9-19(8-20(22(21)31)24(26,27)28)33-12-18-11-23(32,10-15(3)30-18)16-4-6-17(25)7-5-16/h4-9,13-15,18,30,32H,10-12H2,1-3H3. The molecule has 0 radical (unpaired) electrons. The third-order valence-corrected chi connectivity index (χ3v) is 6.09. The quantitative estimate of drug-likeness (QED) is 0.510. The van der Waals surface area contributed by atoms with Crippen molar-refractivity contribution in [1.82, 2.24) is 14.9 Å². The molecule has 0 spiro atoms. The summed E-state index contributed by atoms with van der Waals surface area (Å²) in [6, 6.07) is 7.65. The minimum absolute atomic E-state index is 0.0277. The second-order valence-electron chi connectivity index (χ2n) is 9.10. The average Bonchev–Trinajstić information content (AvgIpc) is 3.15. The summed E-state index contributed by atoms with van der Waals surface area (Å²) in [5.74, 6) is -0.325. The Morgan fingerprint density at radius 3 is 2.55 bits per heavy atom. The van der Waals surface area contributed by atoms with Gasteiger partial charge in [-0.15, -0.1) is 0 Å². The van der Waals surface area contributed by atoms with E-state index in [9.17, 15) is 22.7 Å². The van der Waals surface area contributed by atoms with Crippen molar-refractivity contribution < 1.29 is 27.4 Å². The second kappa shape index (κ2) is 8.61. The molecule has 2 N–H and O–H groups in total. The van der Waals surface area contributed by atoms with E-state index in [1.54, 1.807) is 26.0 Å². The number of halogens is 4.